The zero-order valence-corrected chi connectivity index (χ0v) is 18.0. The highest BCUT2D eigenvalue weighted by Gasteiger charge is 2.46. The first-order chi connectivity index (χ1) is 13.2. The molecule has 4 rings (SSSR count). The normalized spacial score (nSPS) is 39.2. The van der Waals surface area contributed by atoms with Gasteiger partial charge >= 0.3 is 5.97 Å². The number of fused-ring (bicyclic) bond motifs is 1. The van der Waals surface area contributed by atoms with Crippen LogP contribution in [0.25, 0.3) is 0 Å². The molecule has 0 amide bonds. The van der Waals surface area contributed by atoms with Gasteiger partial charge in [0.15, 0.2) is 0 Å². The Morgan fingerprint density at radius 1 is 1.11 bits per heavy atom. The molecule has 2 fully saturated rings. The molecule has 0 bridgehead atoms. The minimum Gasteiger partial charge on any atom is -0.494 e. The molecule has 2 saturated carbocycles. The van der Waals surface area contributed by atoms with Gasteiger partial charge in [0.25, 0.3) is 0 Å². The molecular weight excluding hydrogens is 408 g/mol. The summed E-state index contributed by atoms with van der Waals surface area (Å²) in [6, 6.07) is 0. The molecule has 3 aliphatic carbocycles. The van der Waals surface area contributed by atoms with Gasteiger partial charge in [0.2, 0.25) is 0 Å². The van der Waals surface area contributed by atoms with Crippen LogP contribution < -0.4 is 0 Å². The van der Waals surface area contributed by atoms with Crippen molar-refractivity contribution >= 4 is 21.9 Å². The maximum absolute atomic E-state index is 13.3. The molecule has 1 aliphatic heterocycles. The molecule has 0 N–H and O–H groups in total. The monoisotopic (exact) mass is 440 g/mol. The number of hydrogen-bond acceptors (Lipinski definition) is 4. The maximum Gasteiger partial charge on any atom is 0.313 e. The molecule has 0 spiro atoms. The SMILES string of the molecule is COC1CCC(Br)CC1COC(=O)C1C2=C(CCCC2)OC2CCCCC21. The summed E-state index contributed by atoms with van der Waals surface area (Å²) in [4.78, 5) is 13.8. The van der Waals surface area contributed by atoms with Crippen molar-refractivity contribution in [2.45, 2.75) is 87.7 Å². The Balaban J connectivity index is 1.47. The van der Waals surface area contributed by atoms with Gasteiger partial charge in [-0.25, -0.2) is 0 Å². The molecule has 27 heavy (non-hydrogen) atoms. The molecule has 5 heteroatoms. The van der Waals surface area contributed by atoms with E-state index >= 15 is 0 Å². The van der Waals surface area contributed by atoms with Gasteiger partial charge in [0.05, 0.1) is 24.4 Å². The first-order valence-corrected chi connectivity index (χ1v) is 11.8. The average Bonchev–Trinajstić information content (AvgIpc) is 2.70. The summed E-state index contributed by atoms with van der Waals surface area (Å²) in [5.41, 5.74) is 1.26. The summed E-state index contributed by atoms with van der Waals surface area (Å²) in [6.07, 6.45) is 12.6. The van der Waals surface area contributed by atoms with E-state index in [4.69, 9.17) is 14.2 Å². The van der Waals surface area contributed by atoms with Crippen LogP contribution in [0.15, 0.2) is 11.3 Å². The van der Waals surface area contributed by atoms with Crippen molar-refractivity contribution in [3.05, 3.63) is 11.3 Å². The summed E-state index contributed by atoms with van der Waals surface area (Å²) in [5.74, 6) is 1.66. The largest absolute Gasteiger partial charge is 0.494 e. The average molecular weight is 441 g/mol. The van der Waals surface area contributed by atoms with E-state index in [0.717, 1.165) is 50.7 Å². The fourth-order valence-corrected chi connectivity index (χ4v) is 6.46. The van der Waals surface area contributed by atoms with Crippen molar-refractivity contribution in [1.82, 2.24) is 0 Å². The van der Waals surface area contributed by atoms with E-state index in [1.807, 2.05) is 0 Å². The number of hydrogen-bond donors (Lipinski definition) is 0. The van der Waals surface area contributed by atoms with Crippen molar-refractivity contribution in [2.75, 3.05) is 13.7 Å². The first-order valence-electron chi connectivity index (χ1n) is 10.9. The standard InChI is InChI=1S/C22H33BrO4/c1-25-18-11-10-15(23)12-14(18)13-26-22(24)21-16-6-2-4-8-19(16)27-20-9-5-3-7-17(20)21/h14-16,18-19,21H,2-13H2,1H3. The van der Waals surface area contributed by atoms with Gasteiger partial charge in [-0.15, -0.1) is 0 Å². The lowest BCUT2D eigenvalue weighted by atomic mass is 9.70. The van der Waals surface area contributed by atoms with E-state index in [-0.39, 0.29) is 24.1 Å². The number of allylic oxidation sites excluding steroid dienone is 1. The number of ether oxygens (including phenoxy) is 3. The molecule has 4 nitrogen and oxygen atoms in total. The van der Waals surface area contributed by atoms with E-state index < -0.39 is 0 Å². The van der Waals surface area contributed by atoms with Gasteiger partial charge in [-0.2, -0.15) is 0 Å². The lowest BCUT2D eigenvalue weighted by Gasteiger charge is -2.44. The third kappa shape index (κ3) is 4.24. The van der Waals surface area contributed by atoms with Gasteiger partial charge in [-0.3, -0.25) is 4.79 Å². The molecule has 152 valence electrons. The smallest absolute Gasteiger partial charge is 0.313 e. The predicted molar refractivity (Wildman–Crippen MR) is 108 cm³/mol. The third-order valence-electron chi connectivity index (χ3n) is 7.15. The van der Waals surface area contributed by atoms with E-state index in [9.17, 15) is 4.79 Å². The minimum atomic E-state index is -0.0660. The topological polar surface area (TPSA) is 44.8 Å². The van der Waals surface area contributed by atoms with Crippen molar-refractivity contribution in [2.24, 2.45) is 17.8 Å². The molecular formula is C22H33BrO4. The Morgan fingerprint density at radius 3 is 2.78 bits per heavy atom. The van der Waals surface area contributed by atoms with Crippen molar-refractivity contribution in [1.29, 1.82) is 0 Å². The Hall–Kier alpha value is -0.550. The maximum atomic E-state index is 13.3. The molecule has 0 aromatic rings. The summed E-state index contributed by atoms with van der Waals surface area (Å²) in [5, 5.41) is 0. The Kier molecular flexibility index (Phi) is 6.48. The van der Waals surface area contributed by atoms with Crippen LogP contribution in [0.3, 0.4) is 0 Å². The number of methoxy groups -OCH3 is 1. The number of halogens is 1. The molecule has 0 saturated heterocycles. The third-order valence-corrected chi connectivity index (χ3v) is 7.99. The lowest BCUT2D eigenvalue weighted by Crippen LogP contribution is -2.44. The molecule has 6 atom stereocenters. The van der Waals surface area contributed by atoms with Crippen LogP contribution in [0.5, 0.6) is 0 Å². The molecule has 0 aromatic heterocycles. The summed E-state index contributed by atoms with van der Waals surface area (Å²) in [7, 11) is 1.78. The zero-order chi connectivity index (χ0) is 18.8. The van der Waals surface area contributed by atoms with Gasteiger partial charge in [0, 0.05) is 30.2 Å². The molecule has 0 radical (unpaired) electrons. The van der Waals surface area contributed by atoms with E-state index in [2.05, 4.69) is 15.9 Å². The minimum absolute atomic E-state index is 0.00357. The Labute approximate surface area is 171 Å². The summed E-state index contributed by atoms with van der Waals surface area (Å²) in [6.45, 7) is 0.483. The summed E-state index contributed by atoms with van der Waals surface area (Å²) < 4.78 is 18.0. The van der Waals surface area contributed by atoms with Gasteiger partial charge in [-0.1, -0.05) is 22.4 Å². The van der Waals surface area contributed by atoms with Crippen LogP contribution in [0.2, 0.25) is 0 Å². The molecule has 1 heterocycles. The number of rotatable bonds is 4. The molecule has 4 aliphatic rings. The second-order valence-corrected chi connectivity index (χ2v) is 10.1. The summed E-state index contributed by atoms with van der Waals surface area (Å²) >= 11 is 3.74. The number of alkyl halides is 1. The van der Waals surface area contributed by atoms with Crippen LogP contribution in [0.4, 0.5) is 0 Å². The van der Waals surface area contributed by atoms with Crippen molar-refractivity contribution in [3.63, 3.8) is 0 Å². The Morgan fingerprint density at radius 2 is 1.93 bits per heavy atom. The fraction of sp³-hybridized carbons (Fsp3) is 0.864. The van der Waals surface area contributed by atoms with E-state index in [1.54, 1.807) is 7.11 Å². The number of carbonyl (C=O) groups is 1. The van der Waals surface area contributed by atoms with Crippen molar-refractivity contribution in [3.8, 4) is 0 Å². The van der Waals surface area contributed by atoms with Gasteiger partial charge < -0.3 is 14.2 Å². The molecule has 6 unspecified atom stereocenters. The predicted octanol–water partition coefficient (Wildman–Crippen LogP) is 5.14. The zero-order valence-electron chi connectivity index (χ0n) is 16.5. The van der Waals surface area contributed by atoms with Crippen LogP contribution in [0.1, 0.15) is 70.6 Å². The van der Waals surface area contributed by atoms with E-state index in [0.29, 0.717) is 23.3 Å². The quantitative estimate of drug-likeness (QED) is 0.448. The lowest BCUT2D eigenvalue weighted by molar-refractivity contribution is -0.157. The highest BCUT2D eigenvalue weighted by Crippen LogP contribution is 2.47. The second kappa shape index (κ2) is 8.86. The fourth-order valence-electron chi connectivity index (χ4n) is 5.72. The second-order valence-electron chi connectivity index (χ2n) is 8.81. The first kappa shape index (κ1) is 19.8. The van der Waals surface area contributed by atoms with Gasteiger partial charge in [0.1, 0.15) is 6.10 Å². The van der Waals surface area contributed by atoms with Crippen LogP contribution in [-0.2, 0) is 19.0 Å². The highest BCUT2D eigenvalue weighted by molar-refractivity contribution is 9.09. The number of carbonyl (C=O) groups excluding carboxylic acids is 1. The number of esters is 1. The van der Waals surface area contributed by atoms with Crippen LogP contribution in [0, 0.1) is 17.8 Å². The Bertz CT molecular complexity index is 575. The van der Waals surface area contributed by atoms with Crippen LogP contribution >= 0.6 is 15.9 Å². The highest BCUT2D eigenvalue weighted by atomic mass is 79.9. The van der Waals surface area contributed by atoms with Gasteiger partial charge in [-0.05, 0) is 63.4 Å². The van der Waals surface area contributed by atoms with Crippen LogP contribution in [-0.4, -0.2) is 36.7 Å². The van der Waals surface area contributed by atoms with E-state index in [1.165, 1.54) is 31.3 Å². The molecule has 0 aromatic carbocycles. The van der Waals surface area contributed by atoms with Crippen molar-refractivity contribution < 1.29 is 19.0 Å².